The number of nitrogens with one attached hydrogen (secondary N) is 2. The van der Waals surface area contributed by atoms with E-state index in [2.05, 4.69) is 20.6 Å². The lowest BCUT2D eigenvalue weighted by Crippen LogP contribution is -2.45. The number of carbonyl (C=O) groups is 1. The van der Waals surface area contributed by atoms with E-state index < -0.39 is 23.6 Å². The summed E-state index contributed by atoms with van der Waals surface area (Å²) in [6, 6.07) is -0.324. The molecule has 1 saturated carbocycles. The number of carbonyl (C=O) groups excluding carboxylic acids is 1. The van der Waals surface area contributed by atoms with Crippen molar-refractivity contribution in [3.63, 3.8) is 0 Å². The lowest BCUT2D eigenvalue weighted by atomic mass is 10.1. The van der Waals surface area contributed by atoms with Crippen molar-refractivity contribution in [2.45, 2.75) is 70.8 Å². The first-order valence-electron chi connectivity index (χ1n) is 8.12. The van der Waals surface area contributed by atoms with Gasteiger partial charge in [-0.05, 0) is 47.0 Å². The van der Waals surface area contributed by atoms with Crippen LogP contribution in [0.3, 0.4) is 0 Å². The molecule has 2 rings (SSSR count). The van der Waals surface area contributed by atoms with Gasteiger partial charge in [-0.15, -0.1) is 0 Å². The molecule has 0 aliphatic heterocycles. The minimum Gasteiger partial charge on any atom is -0.444 e. The van der Waals surface area contributed by atoms with Crippen molar-refractivity contribution < 1.29 is 22.7 Å². The molecule has 1 aliphatic carbocycles. The number of anilines is 1. The number of alkyl halides is 3. The van der Waals surface area contributed by atoms with E-state index in [0.717, 1.165) is 19.3 Å². The van der Waals surface area contributed by atoms with Crippen LogP contribution in [0.15, 0.2) is 6.20 Å². The third-order valence-corrected chi connectivity index (χ3v) is 3.78. The maximum absolute atomic E-state index is 12.7. The zero-order chi connectivity index (χ0) is 18.8. The molecule has 0 unspecified atom stereocenters. The van der Waals surface area contributed by atoms with Crippen molar-refractivity contribution in [1.82, 2.24) is 15.3 Å². The molecule has 0 bridgehead atoms. The SMILES string of the molecule is Cc1nc(C(F)(F)F)cnc1N[C@H]1CCC[C@@H]1NC(=O)OC(C)(C)C. The van der Waals surface area contributed by atoms with E-state index in [1.54, 1.807) is 20.8 Å². The molecule has 1 heterocycles. The molecular formula is C16H23F3N4O2. The summed E-state index contributed by atoms with van der Waals surface area (Å²) in [5.74, 6) is 0.288. The van der Waals surface area contributed by atoms with Crippen molar-refractivity contribution in [3.05, 3.63) is 17.6 Å². The molecule has 0 saturated heterocycles. The van der Waals surface area contributed by atoms with Crippen LogP contribution in [0.4, 0.5) is 23.8 Å². The van der Waals surface area contributed by atoms with E-state index in [0.29, 0.717) is 6.20 Å². The predicted octanol–water partition coefficient (Wildman–Crippen LogP) is 3.66. The fraction of sp³-hybridized carbons (Fsp3) is 0.688. The molecule has 140 valence electrons. The Bertz CT molecular complexity index is 629. The number of aryl methyl sites for hydroxylation is 1. The predicted molar refractivity (Wildman–Crippen MR) is 86.2 cm³/mol. The molecule has 1 aliphatic rings. The van der Waals surface area contributed by atoms with Gasteiger partial charge in [0.05, 0.1) is 17.9 Å². The lowest BCUT2D eigenvalue weighted by Gasteiger charge is -2.26. The summed E-state index contributed by atoms with van der Waals surface area (Å²) in [6.45, 7) is 6.80. The van der Waals surface area contributed by atoms with E-state index >= 15 is 0 Å². The summed E-state index contributed by atoms with van der Waals surface area (Å²) in [5.41, 5.74) is -1.45. The largest absolute Gasteiger partial charge is 0.444 e. The topological polar surface area (TPSA) is 76.1 Å². The Morgan fingerprint density at radius 1 is 1.24 bits per heavy atom. The third kappa shape index (κ3) is 5.47. The van der Waals surface area contributed by atoms with Crippen LogP contribution >= 0.6 is 0 Å². The van der Waals surface area contributed by atoms with Gasteiger partial charge in [0.25, 0.3) is 0 Å². The third-order valence-electron chi connectivity index (χ3n) is 3.78. The molecule has 0 aromatic carbocycles. The highest BCUT2D eigenvalue weighted by Crippen LogP contribution is 2.29. The Morgan fingerprint density at radius 3 is 2.44 bits per heavy atom. The van der Waals surface area contributed by atoms with Crippen molar-refractivity contribution >= 4 is 11.9 Å². The number of rotatable bonds is 3. The number of amides is 1. The van der Waals surface area contributed by atoms with Crippen LogP contribution in [0.1, 0.15) is 51.4 Å². The lowest BCUT2D eigenvalue weighted by molar-refractivity contribution is -0.141. The fourth-order valence-corrected chi connectivity index (χ4v) is 2.70. The standard InChI is InChI=1S/C16H23F3N4O2/c1-9-13(20-8-12(21-9)16(17,18)19)22-10-6-5-7-11(10)23-14(24)25-15(2,3)4/h8,10-11H,5-7H2,1-4H3,(H,20,22)(H,23,24)/t10-,11-/m0/s1. The van der Waals surface area contributed by atoms with Crippen LogP contribution in [0, 0.1) is 6.92 Å². The van der Waals surface area contributed by atoms with Crippen LogP contribution in [0.2, 0.25) is 0 Å². The number of halogens is 3. The average Bonchev–Trinajstić information content (AvgIpc) is 2.84. The van der Waals surface area contributed by atoms with Crippen LogP contribution in [0.5, 0.6) is 0 Å². The summed E-state index contributed by atoms with van der Waals surface area (Å²) in [5, 5.41) is 5.90. The monoisotopic (exact) mass is 360 g/mol. The van der Waals surface area contributed by atoms with Gasteiger partial charge in [0.1, 0.15) is 11.4 Å². The Hall–Kier alpha value is -2.06. The van der Waals surface area contributed by atoms with Gasteiger partial charge in [0, 0.05) is 6.04 Å². The number of aromatic nitrogens is 2. The zero-order valence-electron chi connectivity index (χ0n) is 14.7. The van der Waals surface area contributed by atoms with Gasteiger partial charge < -0.3 is 15.4 Å². The Kier molecular flexibility index (Phi) is 5.43. The number of hydrogen-bond donors (Lipinski definition) is 2. The first-order valence-corrected chi connectivity index (χ1v) is 8.12. The molecule has 1 aromatic rings. The molecule has 0 spiro atoms. The zero-order valence-corrected chi connectivity index (χ0v) is 14.7. The van der Waals surface area contributed by atoms with Gasteiger partial charge in [-0.2, -0.15) is 13.2 Å². The Morgan fingerprint density at radius 2 is 1.88 bits per heavy atom. The summed E-state index contributed by atoms with van der Waals surface area (Å²) >= 11 is 0. The highest BCUT2D eigenvalue weighted by atomic mass is 19.4. The molecule has 1 aromatic heterocycles. The van der Waals surface area contributed by atoms with Crippen LogP contribution in [-0.4, -0.2) is 33.7 Å². The van der Waals surface area contributed by atoms with Gasteiger partial charge >= 0.3 is 12.3 Å². The van der Waals surface area contributed by atoms with Gasteiger partial charge in [0.2, 0.25) is 0 Å². The number of hydrogen-bond acceptors (Lipinski definition) is 5. The summed E-state index contributed by atoms with van der Waals surface area (Å²) in [7, 11) is 0. The molecule has 6 nitrogen and oxygen atoms in total. The van der Waals surface area contributed by atoms with Crippen molar-refractivity contribution in [2.75, 3.05) is 5.32 Å². The number of alkyl carbamates (subject to hydrolysis) is 1. The van der Waals surface area contributed by atoms with Crippen LogP contribution < -0.4 is 10.6 Å². The van der Waals surface area contributed by atoms with E-state index in [9.17, 15) is 18.0 Å². The van der Waals surface area contributed by atoms with Crippen molar-refractivity contribution in [1.29, 1.82) is 0 Å². The van der Waals surface area contributed by atoms with Gasteiger partial charge in [0.15, 0.2) is 5.69 Å². The highest BCUT2D eigenvalue weighted by molar-refractivity contribution is 5.68. The number of ether oxygens (including phenoxy) is 1. The van der Waals surface area contributed by atoms with Gasteiger partial charge in [-0.3, -0.25) is 0 Å². The minimum atomic E-state index is -4.52. The Labute approximate surface area is 144 Å². The summed E-state index contributed by atoms with van der Waals surface area (Å²) in [6.07, 6.45) is -1.93. The normalized spacial score (nSPS) is 21.1. The molecule has 1 fully saturated rings. The molecule has 25 heavy (non-hydrogen) atoms. The van der Waals surface area contributed by atoms with E-state index in [1.807, 2.05) is 0 Å². The van der Waals surface area contributed by atoms with Crippen LogP contribution in [0.25, 0.3) is 0 Å². The molecule has 2 N–H and O–H groups in total. The van der Waals surface area contributed by atoms with Gasteiger partial charge in [-0.25, -0.2) is 14.8 Å². The first-order chi connectivity index (χ1) is 11.5. The first kappa shape index (κ1) is 19.3. The maximum Gasteiger partial charge on any atom is 0.434 e. The van der Waals surface area contributed by atoms with E-state index in [4.69, 9.17) is 4.74 Å². The Balaban J connectivity index is 2.03. The van der Waals surface area contributed by atoms with E-state index in [-0.39, 0.29) is 23.6 Å². The molecule has 1 amide bonds. The molecule has 0 radical (unpaired) electrons. The second-order valence-corrected chi connectivity index (χ2v) is 7.12. The fourth-order valence-electron chi connectivity index (χ4n) is 2.70. The molecule has 2 atom stereocenters. The maximum atomic E-state index is 12.7. The van der Waals surface area contributed by atoms with Crippen molar-refractivity contribution in [3.8, 4) is 0 Å². The quantitative estimate of drug-likeness (QED) is 0.860. The van der Waals surface area contributed by atoms with E-state index in [1.165, 1.54) is 6.92 Å². The van der Waals surface area contributed by atoms with Crippen LogP contribution in [-0.2, 0) is 10.9 Å². The number of nitrogens with zero attached hydrogens (tertiary/aromatic N) is 2. The minimum absolute atomic E-state index is 0.141. The summed E-state index contributed by atoms with van der Waals surface area (Å²) < 4.78 is 43.2. The highest BCUT2D eigenvalue weighted by Gasteiger charge is 2.34. The molecular weight excluding hydrogens is 337 g/mol. The van der Waals surface area contributed by atoms with Gasteiger partial charge in [-0.1, -0.05) is 0 Å². The molecule has 9 heteroatoms. The average molecular weight is 360 g/mol. The smallest absolute Gasteiger partial charge is 0.434 e. The second kappa shape index (κ2) is 7.05. The van der Waals surface area contributed by atoms with Crippen molar-refractivity contribution in [2.24, 2.45) is 0 Å². The summed E-state index contributed by atoms with van der Waals surface area (Å²) in [4.78, 5) is 19.3. The second-order valence-electron chi connectivity index (χ2n) is 7.12.